The molecule has 11 heteroatoms. The summed E-state index contributed by atoms with van der Waals surface area (Å²) in [4.78, 5) is 39.9. The Balaban J connectivity index is 1.55. The number of carbonyl (C=O) groups is 2. The van der Waals surface area contributed by atoms with Crippen molar-refractivity contribution in [2.45, 2.75) is 26.3 Å². The number of aromatic nitrogens is 5. The van der Waals surface area contributed by atoms with Crippen molar-refractivity contribution in [1.29, 1.82) is 0 Å². The van der Waals surface area contributed by atoms with E-state index < -0.39 is 0 Å². The molecule has 11 nitrogen and oxygen atoms in total. The quantitative estimate of drug-likeness (QED) is 0.555. The molecule has 164 valence electrons. The van der Waals surface area contributed by atoms with Crippen molar-refractivity contribution in [3.05, 3.63) is 41.7 Å². The lowest BCUT2D eigenvalue weighted by Gasteiger charge is -2.29. The van der Waals surface area contributed by atoms with Crippen LogP contribution >= 0.6 is 0 Å². The summed E-state index contributed by atoms with van der Waals surface area (Å²) in [5.74, 6) is 2.16. The molecule has 0 atom stereocenters. The first-order chi connectivity index (χ1) is 15.4. The van der Waals surface area contributed by atoms with Crippen LogP contribution in [0.3, 0.4) is 0 Å². The number of amides is 2. The van der Waals surface area contributed by atoms with E-state index in [4.69, 9.17) is 0 Å². The van der Waals surface area contributed by atoms with Crippen LogP contribution in [0.5, 0.6) is 0 Å². The molecule has 4 heterocycles. The van der Waals surface area contributed by atoms with Crippen LogP contribution < -0.4 is 20.9 Å². The molecule has 5 rings (SSSR count). The van der Waals surface area contributed by atoms with Crippen LogP contribution in [-0.2, 0) is 11.3 Å². The Bertz CT molecular complexity index is 1230. The fourth-order valence-electron chi connectivity index (χ4n) is 3.77. The zero-order chi connectivity index (χ0) is 22.4. The first-order valence-electron chi connectivity index (χ1n) is 10.4. The number of aryl methyl sites for hydroxylation is 1. The van der Waals surface area contributed by atoms with E-state index in [1.165, 1.54) is 6.20 Å². The Labute approximate surface area is 184 Å². The van der Waals surface area contributed by atoms with Gasteiger partial charge in [-0.15, -0.1) is 0 Å². The molecule has 3 aromatic heterocycles. The van der Waals surface area contributed by atoms with E-state index in [9.17, 15) is 9.59 Å². The predicted molar refractivity (Wildman–Crippen MR) is 118 cm³/mol. The third-order valence-corrected chi connectivity index (χ3v) is 5.50. The van der Waals surface area contributed by atoms with Gasteiger partial charge in [0.2, 0.25) is 5.91 Å². The molecule has 0 spiro atoms. The van der Waals surface area contributed by atoms with Gasteiger partial charge in [-0.3, -0.25) is 9.59 Å². The smallest absolute Gasteiger partial charge is 0.254 e. The molecular formula is C21H23N9O2. The Morgan fingerprint density at radius 3 is 2.78 bits per heavy atom. The van der Waals surface area contributed by atoms with Crippen LogP contribution in [0, 0.1) is 12.8 Å². The van der Waals surface area contributed by atoms with Crippen molar-refractivity contribution < 1.29 is 9.59 Å². The van der Waals surface area contributed by atoms with Gasteiger partial charge in [0.1, 0.15) is 17.3 Å². The van der Waals surface area contributed by atoms with Gasteiger partial charge in [0.15, 0.2) is 11.6 Å². The number of rotatable bonds is 5. The van der Waals surface area contributed by atoms with Gasteiger partial charge >= 0.3 is 0 Å². The maximum absolute atomic E-state index is 12.5. The normalized spacial score (nSPS) is 14.4. The summed E-state index contributed by atoms with van der Waals surface area (Å²) < 4.78 is 1.81. The van der Waals surface area contributed by atoms with Gasteiger partial charge in [0.05, 0.1) is 23.5 Å². The van der Waals surface area contributed by atoms with Crippen LogP contribution in [0.4, 0.5) is 23.0 Å². The Hall–Kier alpha value is -4.02. The van der Waals surface area contributed by atoms with Gasteiger partial charge in [-0.25, -0.2) is 19.6 Å². The molecule has 2 amide bonds. The molecule has 1 fully saturated rings. The van der Waals surface area contributed by atoms with Gasteiger partial charge in [-0.2, -0.15) is 5.10 Å². The Kier molecular flexibility index (Phi) is 4.72. The van der Waals surface area contributed by atoms with E-state index in [1.54, 1.807) is 19.3 Å². The van der Waals surface area contributed by atoms with Crippen molar-refractivity contribution in [2.75, 3.05) is 29.6 Å². The zero-order valence-corrected chi connectivity index (χ0v) is 18.0. The lowest BCUT2D eigenvalue weighted by atomic mass is 10.2. The minimum absolute atomic E-state index is 0.0450. The molecule has 0 saturated heterocycles. The largest absolute Gasteiger partial charge is 0.362 e. The molecule has 0 radical (unpaired) electrons. The van der Waals surface area contributed by atoms with E-state index in [0.29, 0.717) is 35.3 Å². The van der Waals surface area contributed by atoms with Crippen molar-refractivity contribution in [1.82, 2.24) is 30.0 Å². The Morgan fingerprint density at radius 1 is 1.22 bits per heavy atom. The van der Waals surface area contributed by atoms with Gasteiger partial charge < -0.3 is 20.9 Å². The maximum Gasteiger partial charge on any atom is 0.254 e. The van der Waals surface area contributed by atoms with E-state index in [2.05, 4.69) is 36.0 Å². The van der Waals surface area contributed by atoms with Crippen LogP contribution in [0.25, 0.3) is 5.69 Å². The van der Waals surface area contributed by atoms with Gasteiger partial charge in [-0.1, -0.05) is 0 Å². The Morgan fingerprint density at radius 2 is 2.03 bits per heavy atom. The summed E-state index contributed by atoms with van der Waals surface area (Å²) in [7, 11) is 3.51. The van der Waals surface area contributed by atoms with E-state index in [1.807, 2.05) is 29.6 Å². The predicted octanol–water partition coefficient (Wildman–Crippen LogP) is 1.77. The molecule has 32 heavy (non-hydrogen) atoms. The highest BCUT2D eigenvalue weighted by molar-refractivity contribution is 6.01. The van der Waals surface area contributed by atoms with Crippen molar-refractivity contribution >= 4 is 34.8 Å². The highest BCUT2D eigenvalue weighted by Crippen LogP contribution is 2.37. The van der Waals surface area contributed by atoms with E-state index >= 15 is 0 Å². The topological polar surface area (TPSA) is 130 Å². The second-order valence-electron chi connectivity index (χ2n) is 7.95. The second-order valence-corrected chi connectivity index (χ2v) is 7.95. The molecule has 0 unspecified atom stereocenters. The van der Waals surface area contributed by atoms with Crippen molar-refractivity contribution in [2.24, 2.45) is 5.92 Å². The average Bonchev–Trinajstić information content (AvgIpc) is 3.56. The lowest BCUT2D eigenvalue weighted by molar-refractivity contribution is -0.117. The van der Waals surface area contributed by atoms with E-state index in [0.717, 1.165) is 30.0 Å². The third-order valence-electron chi connectivity index (χ3n) is 5.50. The van der Waals surface area contributed by atoms with Crippen LogP contribution in [-0.4, -0.2) is 50.6 Å². The minimum atomic E-state index is -0.299. The van der Waals surface area contributed by atoms with Gasteiger partial charge in [-0.05, 0) is 25.8 Å². The average molecular weight is 433 g/mol. The lowest BCUT2D eigenvalue weighted by Crippen LogP contribution is -2.27. The number of anilines is 4. The molecule has 0 bridgehead atoms. The number of hydrogen-bond donors (Lipinski definition) is 3. The first-order valence-corrected chi connectivity index (χ1v) is 10.4. The third kappa shape index (κ3) is 3.51. The second kappa shape index (κ2) is 7.59. The standard InChI is InChI=1S/C21H23N9O2/c1-11-25-17-10-29(3)18-15(30(17)28-11)6-7-23-19(18)26-14-8-16(27-20(31)12-4-5-12)24-9-13(14)21(32)22-2/h6-9,12H,4-5,10H2,1-3H3,(H,22,32)(H2,23,24,26,27,31). The molecule has 1 aliphatic carbocycles. The summed E-state index contributed by atoms with van der Waals surface area (Å²) in [5.41, 5.74) is 2.49. The molecule has 3 N–H and O–H groups in total. The van der Waals surface area contributed by atoms with Crippen LogP contribution in [0.2, 0.25) is 0 Å². The summed E-state index contributed by atoms with van der Waals surface area (Å²) >= 11 is 0. The van der Waals surface area contributed by atoms with Crippen molar-refractivity contribution in [3.63, 3.8) is 0 Å². The monoisotopic (exact) mass is 433 g/mol. The number of carbonyl (C=O) groups excluding carboxylic acids is 2. The number of nitrogens with one attached hydrogen (secondary N) is 3. The van der Waals surface area contributed by atoms with Crippen molar-refractivity contribution in [3.8, 4) is 5.69 Å². The number of fused-ring (bicyclic) bond motifs is 3. The fourth-order valence-corrected chi connectivity index (χ4v) is 3.77. The van der Waals surface area contributed by atoms with Gasteiger partial charge in [0.25, 0.3) is 5.91 Å². The summed E-state index contributed by atoms with van der Waals surface area (Å²) in [6.07, 6.45) is 4.91. The van der Waals surface area contributed by atoms with Crippen LogP contribution in [0.15, 0.2) is 24.5 Å². The summed E-state index contributed by atoms with van der Waals surface area (Å²) in [6, 6.07) is 3.53. The van der Waals surface area contributed by atoms with Gasteiger partial charge in [0, 0.05) is 38.5 Å². The first kappa shape index (κ1) is 19.9. The highest BCUT2D eigenvalue weighted by Gasteiger charge is 2.30. The SMILES string of the molecule is CNC(=O)c1cnc(NC(=O)C2CC2)cc1Nc1nccc2c1N(C)Cc1nc(C)nn1-2. The minimum Gasteiger partial charge on any atom is -0.362 e. The summed E-state index contributed by atoms with van der Waals surface area (Å²) in [5, 5.41) is 13.2. The molecule has 0 aromatic carbocycles. The number of pyridine rings is 2. The van der Waals surface area contributed by atoms with E-state index in [-0.39, 0.29) is 17.7 Å². The molecule has 3 aromatic rings. The maximum atomic E-state index is 12.5. The number of nitrogens with zero attached hydrogens (tertiary/aromatic N) is 6. The molecular weight excluding hydrogens is 410 g/mol. The number of hydrogen-bond acceptors (Lipinski definition) is 8. The molecule has 1 saturated carbocycles. The van der Waals surface area contributed by atoms with Crippen LogP contribution in [0.1, 0.15) is 34.8 Å². The molecule has 1 aliphatic heterocycles. The zero-order valence-electron chi connectivity index (χ0n) is 18.0. The molecule has 2 aliphatic rings. The highest BCUT2D eigenvalue weighted by atomic mass is 16.2. The summed E-state index contributed by atoms with van der Waals surface area (Å²) in [6.45, 7) is 2.42. The fraction of sp³-hybridized carbons (Fsp3) is 0.333.